The van der Waals surface area contributed by atoms with Crippen molar-refractivity contribution in [3.05, 3.63) is 11.0 Å². The van der Waals surface area contributed by atoms with Gasteiger partial charge in [-0.25, -0.2) is 4.98 Å². The van der Waals surface area contributed by atoms with Crippen LogP contribution in [0.5, 0.6) is 0 Å². The first-order valence-electron chi connectivity index (χ1n) is 6.42. The summed E-state index contributed by atoms with van der Waals surface area (Å²) in [5.41, 5.74) is 7.29. The van der Waals surface area contributed by atoms with E-state index >= 15 is 0 Å². The molecule has 3 N–H and O–H groups in total. The number of aromatic nitrogens is 2. The molecule has 2 aliphatic heterocycles. The van der Waals surface area contributed by atoms with Gasteiger partial charge in [0.05, 0.1) is 23.3 Å². The second kappa shape index (κ2) is 4.52. The molecule has 2 fully saturated rings. The van der Waals surface area contributed by atoms with E-state index in [1.165, 1.54) is 0 Å². The van der Waals surface area contributed by atoms with Crippen molar-refractivity contribution < 1.29 is 4.79 Å². The van der Waals surface area contributed by atoms with Crippen LogP contribution in [-0.4, -0.2) is 35.0 Å². The SMILES string of the molecule is Cc1nc(Cl)nc(N2CCCC3C(=O)NCC32)c1N. The summed E-state index contributed by atoms with van der Waals surface area (Å²) in [6.07, 6.45) is 1.87. The zero-order chi connectivity index (χ0) is 13.6. The summed E-state index contributed by atoms with van der Waals surface area (Å²) in [6, 6.07) is 0.119. The molecule has 1 aromatic heterocycles. The van der Waals surface area contributed by atoms with Gasteiger partial charge < -0.3 is 16.0 Å². The summed E-state index contributed by atoms with van der Waals surface area (Å²) in [5, 5.41) is 3.11. The number of halogens is 1. The van der Waals surface area contributed by atoms with Gasteiger partial charge in [0.2, 0.25) is 11.2 Å². The van der Waals surface area contributed by atoms with Crippen molar-refractivity contribution >= 4 is 29.0 Å². The van der Waals surface area contributed by atoms with Gasteiger partial charge in [0.1, 0.15) is 0 Å². The molecule has 0 saturated carbocycles. The third-order valence-corrected chi connectivity index (χ3v) is 4.13. The lowest BCUT2D eigenvalue weighted by molar-refractivity contribution is -0.122. The Morgan fingerprint density at radius 2 is 2.26 bits per heavy atom. The fourth-order valence-corrected chi connectivity index (χ4v) is 3.17. The molecular formula is C12H16ClN5O. The summed E-state index contributed by atoms with van der Waals surface area (Å²) in [5.74, 6) is 0.816. The van der Waals surface area contributed by atoms with Crippen LogP contribution in [-0.2, 0) is 4.79 Å². The van der Waals surface area contributed by atoms with Crippen LogP contribution in [0.2, 0.25) is 5.28 Å². The predicted molar refractivity (Wildman–Crippen MR) is 73.1 cm³/mol. The molecule has 1 amide bonds. The summed E-state index contributed by atoms with van der Waals surface area (Å²) in [6.45, 7) is 3.29. The van der Waals surface area contributed by atoms with Crippen LogP contribution in [0.15, 0.2) is 0 Å². The van der Waals surface area contributed by atoms with E-state index in [0.29, 0.717) is 23.7 Å². The number of fused-ring (bicyclic) bond motifs is 1. The first kappa shape index (κ1) is 12.5. The molecule has 3 heterocycles. The van der Waals surface area contributed by atoms with Crippen LogP contribution in [0.1, 0.15) is 18.5 Å². The minimum Gasteiger partial charge on any atom is -0.394 e. The first-order chi connectivity index (χ1) is 9.08. The Kier molecular flexibility index (Phi) is 2.97. The molecule has 19 heavy (non-hydrogen) atoms. The number of rotatable bonds is 1. The average Bonchev–Trinajstić information content (AvgIpc) is 2.76. The van der Waals surface area contributed by atoms with E-state index in [4.69, 9.17) is 17.3 Å². The van der Waals surface area contributed by atoms with Crippen molar-refractivity contribution in [3.63, 3.8) is 0 Å². The Hall–Kier alpha value is -1.56. The van der Waals surface area contributed by atoms with E-state index in [9.17, 15) is 4.79 Å². The largest absolute Gasteiger partial charge is 0.394 e. The van der Waals surface area contributed by atoms with Crippen LogP contribution in [0.3, 0.4) is 0 Å². The zero-order valence-corrected chi connectivity index (χ0v) is 11.4. The molecule has 7 heteroatoms. The van der Waals surface area contributed by atoms with Gasteiger partial charge in [0, 0.05) is 13.1 Å². The lowest BCUT2D eigenvalue weighted by Gasteiger charge is -2.37. The van der Waals surface area contributed by atoms with Crippen molar-refractivity contribution in [2.24, 2.45) is 5.92 Å². The number of nitrogens with one attached hydrogen (secondary N) is 1. The standard InChI is InChI=1S/C12H16ClN5O/c1-6-9(14)10(17-12(13)16-6)18-4-2-3-7-8(18)5-15-11(7)19/h7-8H,2-5,14H2,1H3,(H,15,19). The lowest BCUT2D eigenvalue weighted by atomic mass is 9.91. The summed E-state index contributed by atoms with van der Waals surface area (Å²) >= 11 is 5.93. The monoisotopic (exact) mass is 281 g/mol. The highest BCUT2D eigenvalue weighted by Gasteiger charge is 2.41. The smallest absolute Gasteiger partial charge is 0.225 e. The Morgan fingerprint density at radius 1 is 1.47 bits per heavy atom. The van der Waals surface area contributed by atoms with E-state index in [1.807, 2.05) is 6.92 Å². The molecule has 2 unspecified atom stereocenters. The molecule has 1 aromatic rings. The molecule has 0 radical (unpaired) electrons. The van der Waals surface area contributed by atoms with Crippen molar-refractivity contribution in [1.29, 1.82) is 0 Å². The summed E-state index contributed by atoms with van der Waals surface area (Å²) < 4.78 is 0. The maximum Gasteiger partial charge on any atom is 0.225 e. The predicted octanol–water partition coefficient (Wildman–Crippen LogP) is 0.735. The van der Waals surface area contributed by atoms with Gasteiger partial charge in [-0.15, -0.1) is 0 Å². The zero-order valence-electron chi connectivity index (χ0n) is 10.7. The molecule has 0 spiro atoms. The van der Waals surface area contributed by atoms with Crippen molar-refractivity contribution in [2.45, 2.75) is 25.8 Å². The van der Waals surface area contributed by atoms with Crippen LogP contribution >= 0.6 is 11.6 Å². The molecule has 6 nitrogen and oxygen atoms in total. The quantitative estimate of drug-likeness (QED) is 0.742. The highest BCUT2D eigenvalue weighted by Crippen LogP contribution is 2.34. The molecule has 0 aromatic carbocycles. The Morgan fingerprint density at radius 3 is 3.05 bits per heavy atom. The topological polar surface area (TPSA) is 84.1 Å². The minimum absolute atomic E-state index is 0.0298. The molecule has 3 rings (SSSR count). The molecule has 2 saturated heterocycles. The Bertz CT molecular complexity index is 535. The molecule has 2 aliphatic rings. The van der Waals surface area contributed by atoms with E-state index < -0.39 is 0 Å². The van der Waals surface area contributed by atoms with E-state index in [-0.39, 0.29) is 23.2 Å². The summed E-state index contributed by atoms with van der Waals surface area (Å²) in [7, 11) is 0. The third kappa shape index (κ3) is 2.00. The number of nitrogen functional groups attached to an aromatic ring is 1. The van der Waals surface area contributed by atoms with E-state index in [2.05, 4.69) is 20.2 Å². The highest BCUT2D eigenvalue weighted by molar-refractivity contribution is 6.28. The Labute approximate surface area is 116 Å². The van der Waals surface area contributed by atoms with E-state index in [0.717, 1.165) is 19.4 Å². The fraction of sp³-hybridized carbons (Fsp3) is 0.583. The molecular weight excluding hydrogens is 266 g/mol. The van der Waals surface area contributed by atoms with Gasteiger partial charge in [-0.05, 0) is 31.4 Å². The van der Waals surface area contributed by atoms with Gasteiger partial charge in [-0.3, -0.25) is 4.79 Å². The lowest BCUT2D eigenvalue weighted by Crippen LogP contribution is -2.46. The second-order valence-electron chi connectivity index (χ2n) is 5.07. The molecule has 0 bridgehead atoms. The number of piperidine rings is 1. The third-order valence-electron chi connectivity index (χ3n) is 3.96. The van der Waals surface area contributed by atoms with Crippen molar-refractivity contribution in [2.75, 3.05) is 23.7 Å². The molecule has 102 valence electrons. The number of nitrogens with two attached hydrogens (primary N) is 1. The van der Waals surface area contributed by atoms with Gasteiger partial charge in [0.15, 0.2) is 5.82 Å². The number of carbonyl (C=O) groups excluding carboxylic acids is 1. The second-order valence-corrected chi connectivity index (χ2v) is 5.41. The maximum atomic E-state index is 11.8. The van der Waals surface area contributed by atoms with Crippen LogP contribution in [0.4, 0.5) is 11.5 Å². The van der Waals surface area contributed by atoms with E-state index in [1.54, 1.807) is 0 Å². The van der Waals surface area contributed by atoms with Crippen LogP contribution in [0, 0.1) is 12.8 Å². The van der Waals surface area contributed by atoms with Crippen molar-refractivity contribution in [1.82, 2.24) is 15.3 Å². The normalized spacial score (nSPS) is 26.2. The number of aryl methyl sites for hydroxylation is 1. The van der Waals surface area contributed by atoms with Gasteiger partial charge >= 0.3 is 0 Å². The Balaban J connectivity index is 2.00. The molecule has 2 atom stereocenters. The van der Waals surface area contributed by atoms with Gasteiger partial charge in [-0.1, -0.05) is 0 Å². The average molecular weight is 282 g/mol. The van der Waals surface area contributed by atoms with Crippen molar-refractivity contribution in [3.8, 4) is 0 Å². The number of hydrogen-bond acceptors (Lipinski definition) is 5. The number of nitrogens with zero attached hydrogens (tertiary/aromatic N) is 3. The highest BCUT2D eigenvalue weighted by atomic mass is 35.5. The fourth-order valence-electron chi connectivity index (χ4n) is 2.97. The van der Waals surface area contributed by atoms with Crippen LogP contribution in [0.25, 0.3) is 0 Å². The molecule has 0 aliphatic carbocycles. The number of amides is 1. The first-order valence-corrected chi connectivity index (χ1v) is 6.79. The number of carbonyl (C=O) groups is 1. The van der Waals surface area contributed by atoms with Crippen LogP contribution < -0.4 is 16.0 Å². The number of hydrogen-bond donors (Lipinski definition) is 2. The maximum absolute atomic E-state index is 11.8. The number of anilines is 2. The summed E-state index contributed by atoms with van der Waals surface area (Å²) in [4.78, 5) is 22.2. The van der Waals surface area contributed by atoms with Gasteiger partial charge in [0.25, 0.3) is 0 Å². The minimum atomic E-state index is 0.0298. The van der Waals surface area contributed by atoms with Gasteiger partial charge in [-0.2, -0.15) is 4.98 Å².